The van der Waals surface area contributed by atoms with Gasteiger partial charge in [0.05, 0.1) is 7.11 Å². The van der Waals surface area contributed by atoms with Crippen molar-refractivity contribution in [2.75, 3.05) is 13.7 Å². The molecule has 0 bridgehead atoms. The topological polar surface area (TPSA) is 51.2 Å². The van der Waals surface area contributed by atoms with E-state index in [9.17, 15) is 4.79 Å². The monoisotopic (exact) mass is 236 g/mol. The van der Waals surface area contributed by atoms with Crippen LogP contribution in [-0.4, -0.2) is 24.5 Å². The summed E-state index contributed by atoms with van der Waals surface area (Å²) in [5, 5.41) is 2.87. The van der Waals surface area contributed by atoms with Gasteiger partial charge in [-0.2, -0.15) is 0 Å². The minimum absolute atomic E-state index is 0.126. The number of methoxy groups -OCH3 is 1. The highest BCUT2D eigenvalue weighted by Gasteiger charge is 2.11. The van der Waals surface area contributed by atoms with Gasteiger partial charge in [0.15, 0.2) is 0 Å². The third kappa shape index (κ3) is 4.43. The number of carbonyl (C=O) groups excluding carboxylic acids is 1. The van der Waals surface area contributed by atoms with Crippen molar-refractivity contribution in [1.29, 1.82) is 0 Å². The van der Waals surface area contributed by atoms with Crippen LogP contribution in [0.4, 0.5) is 0 Å². The fraction of sp³-hybridized carbons (Fsp3) is 0.538. The van der Waals surface area contributed by atoms with Crippen LogP contribution in [0, 0.1) is 5.92 Å². The Labute approximate surface area is 102 Å². The molecular formula is C13H20N2O2. The molecule has 1 heterocycles. The van der Waals surface area contributed by atoms with Gasteiger partial charge in [-0.3, -0.25) is 4.79 Å². The van der Waals surface area contributed by atoms with E-state index in [0.29, 0.717) is 23.9 Å². The van der Waals surface area contributed by atoms with Crippen LogP contribution in [0.2, 0.25) is 0 Å². The minimum atomic E-state index is -0.126. The van der Waals surface area contributed by atoms with Crippen LogP contribution in [0.3, 0.4) is 0 Å². The van der Waals surface area contributed by atoms with Gasteiger partial charge < -0.3 is 10.1 Å². The van der Waals surface area contributed by atoms with Gasteiger partial charge in [-0.25, -0.2) is 4.98 Å². The molecule has 0 aliphatic heterocycles. The maximum atomic E-state index is 11.8. The number of aromatic nitrogens is 1. The van der Waals surface area contributed by atoms with Crippen molar-refractivity contribution >= 4 is 5.91 Å². The van der Waals surface area contributed by atoms with Crippen LogP contribution in [0.5, 0.6) is 5.88 Å². The second kappa shape index (κ2) is 6.89. The van der Waals surface area contributed by atoms with Crippen molar-refractivity contribution in [1.82, 2.24) is 10.3 Å². The summed E-state index contributed by atoms with van der Waals surface area (Å²) in [6.07, 6.45) is 3.71. The zero-order valence-corrected chi connectivity index (χ0v) is 10.7. The third-order valence-corrected chi connectivity index (χ3v) is 2.45. The standard InChI is InChI=1S/C13H20N2O2/c1-10(2)6-4-8-14-12(16)11-7-5-9-15-13(11)17-3/h5,7,9-10H,4,6,8H2,1-3H3,(H,14,16). The van der Waals surface area contributed by atoms with Crippen molar-refractivity contribution in [3.63, 3.8) is 0 Å². The summed E-state index contributed by atoms with van der Waals surface area (Å²) in [6, 6.07) is 3.44. The number of amides is 1. The van der Waals surface area contributed by atoms with E-state index in [0.717, 1.165) is 12.8 Å². The Kier molecular flexibility index (Phi) is 5.46. The quantitative estimate of drug-likeness (QED) is 0.771. The normalized spacial score (nSPS) is 10.4. The highest BCUT2D eigenvalue weighted by atomic mass is 16.5. The van der Waals surface area contributed by atoms with E-state index in [1.807, 2.05) is 0 Å². The Bertz CT molecular complexity index is 364. The molecule has 0 aromatic carbocycles. The van der Waals surface area contributed by atoms with E-state index in [-0.39, 0.29) is 5.91 Å². The summed E-state index contributed by atoms with van der Waals surface area (Å²) in [4.78, 5) is 15.8. The lowest BCUT2D eigenvalue weighted by Crippen LogP contribution is -2.25. The molecule has 1 amide bonds. The molecule has 0 radical (unpaired) electrons. The average molecular weight is 236 g/mol. The largest absolute Gasteiger partial charge is 0.480 e. The average Bonchev–Trinajstić information content (AvgIpc) is 2.34. The van der Waals surface area contributed by atoms with Crippen LogP contribution < -0.4 is 10.1 Å². The lowest BCUT2D eigenvalue weighted by molar-refractivity contribution is 0.0948. The molecule has 0 saturated carbocycles. The number of nitrogens with one attached hydrogen (secondary N) is 1. The number of rotatable bonds is 6. The minimum Gasteiger partial charge on any atom is -0.480 e. The number of nitrogens with zero attached hydrogens (tertiary/aromatic N) is 1. The molecule has 4 nitrogen and oxygen atoms in total. The number of hydrogen-bond donors (Lipinski definition) is 1. The lowest BCUT2D eigenvalue weighted by atomic mass is 10.1. The van der Waals surface area contributed by atoms with Gasteiger partial charge in [0, 0.05) is 12.7 Å². The summed E-state index contributed by atoms with van der Waals surface area (Å²) in [5.41, 5.74) is 0.486. The number of pyridine rings is 1. The van der Waals surface area contributed by atoms with Crippen molar-refractivity contribution in [3.8, 4) is 5.88 Å². The Balaban J connectivity index is 2.47. The third-order valence-electron chi connectivity index (χ3n) is 2.45. The zero-order chi connectivity index (χ0) is 12.7. The van der Waals surface area contributed by atoms with Crippen molar-refractivity contribution in [3.05, 3.63) is 23.9 Å². The summed E-state index contributed by atoms with van der Waals surface area (Å²) in [6.45, 7) is 5.03. The Morgan fingerprint density at radius 2 is 2.29 bits per heavy atom. The number of hydrogen-bond acceptors (Lipinski definition) is 3. The molecule has 0 spiro atoms. The maximum absolute atomic E-state index is 11.8. The molecule has 94 valence electrons. The highest BCUT2D eigenvalue weighted by molar-refractivity contribution is 5.96. The first kappa shape index (κ1) is 13.5. The lowest BCUT2D eigenvalue weighted by Gasteiger charge is -2.08. The summed E-state index contributed by atoms with van der Waals surface area (Å²) >= 11 is 0. The fourth-order valence-corrected chi connectivity index (χ4v) is 1.53. The first-order valence-electron chi connectivity index (χ1n) is 5.92. The van der Waals surface area contributed by atoms with E-state index < -0.39 is 0 Å². The summed E-state index contributed by atoms with van der Waals surface area (Å²) in [5.74, 6) is 0.910. The summed E-state index contributed by atoms with van der Waals surface area (Å²) < 4.78 is 5.04. The molecule has 0 fully saturated rings. The van der Waals surface area contributed by atoms with E-state index in [2.05, 4.69) is 24.1 Å². The van der Waals surface area contributed by atoms with Crippen LogP contribution in [0.25, 0.3) is 0 Å². The fourth-order valence-electron chi connectivity index (χ4n) is 1.53. The van der Waals surface area contributed by atoms with Gasteiger partial charge in [0.25, 0.3) is 5.91 Å². The van der Waals surface area contributed by atoms with Crippen molar-refractivity contribution in [2.45, 2.75) is 26.7 Å². The second-order valence-corrected chi connectivity index (χ2v) is 4.35. The predicted molar refractivity (Wildman–Crippen MR) is 67.2 cm³/mol. The molecule has 1 aromatic rings. The molecule has 0 aliphatic carbocycles. The van der Waals surface area contributed by atoms with Crippen LogP contribution in [0.15, 0.2) is 18.3 Å². The number of ether oxygens (including phenoxy) is 1. The van der Waals surface area contributed by atoms with Gasteiger partial charge in [-0.1, -0.05) is 13.8 Å². The van der Waals surface area contributed by atoms with Gasteiger partial charge in [-0.05, 0) is 30.9 Å². The van der Waals surface area contributed by atoms with Gasteiger partial charge >= 0.3 is 0 Å². The Hall–Kier alpha value is -1.58. The maximum Gasteiger partial charge on any atom is 0.256 e. The van der Waals surface area contributed by atoms with Gasteiger partial charge in [-0.15, -0.1) is 0 Å². The van der Waals surface area contributed by atoms with Crippen LogP contribution in [0.1, 0.15) is 37.0 Å². The summed E-state index contributed by atoms with van der Waals surface area (Å²) in [7, 11) is 1.51. The van der Waals surface area contributed by atoms with E-state index in [1.54, 1.807) is 18.3 Å². The SMILES string of the molecule is COc1ncccc1C(=O)NCCCC(C)C. The Morgan fingerprint density at radius 1 is 1.53 bits per heavy atom. The predicted octanol–water partition coefficient (Wildman–Crippen LogP) is 2.26. The van der Waals surface area contributed by atoms with E-state index in [4.69, 9.17) is 4.74 Å². The van der Waals surface area contributed by atoms with Crippen molar-refractivity contribution < 1.29 is 9.53 Å². The molecule has 0 unspecified atom stereocenters. The molecule has 4 heteroatoms. The first-order chi connectivity index (χ1) is 8.15. The zero-order valence-electron chi connectivity index (χ0n) is 10.7. The van der Waals surface area contributed by atoms with Gasteiger partial charge in [0.2, 0.25) is 5.88 Å². The molecule has 0 saturated heterocycles. The number of carbonyl (C=O) groups is 1. The van der Waals surface area contributed by atoms with Crippen LogP contribution in [-0.2, 0) is 0 Å². The Morgan fingerprint density at radius 3 is 2.94 bits per heavy atom. The molecular weight excluding hydrogens is 216 g/mol. The van der Waals surface area contributed by atoms with Gasteiger partial charge in [0.1, 0.15) is 5.56 Å². The molecule has 1 rings (SSSR count). The second-order valence-electron chi connectivity index (χ2n) is 4.35. The molecule has 1 aromatic heterocycles. The first-order valence-corrected chi connectivity index (χ1v) is 5.92. The van der Waals surface area contributed by atoms with Crippen LogP contribution >= 0.6 is 0 Å². The van der Waals surface area contributed by atoms with Crippen molar-refractivity contribution in [2.24, 2.45) is 5.92 Å². The highest BCUT2D eigenvalue weighted by Crippen LogP contribution is 2.13. The smallest absolute Gasteiger partial charge is 0.256 e. The van der Waals surface area contributed by atoms with E-state index >= 15 is 0 Å². The molecule has 1 N–H and O–H groups in total. The van der Waals surface area contributed by atoms with E-state index in [1.165, 1.54) is 7.11 Å². The molecule has 0 atom stereocenters. The molecule has 17 heavy (non-hydrogen) atoms. The molecule has 0 aliphatic rings.